The molecule has 18 heavy (non-hydrogen) atoms. The van der Waals surface area contributed by atoms with Gasteiger partial charge in [0.15, 0.2) is 0 Å². The Morgan fingerprint density at radius 3 is 2.67 bits per heavy atom. The standard InChI is InChI=1S/C12H18Cl3NO2/c1-8(2)5-4-6-11(3)9(17)7-18-10(16-11)12(13,14)15/h5,9,17H,4,6-7H2,1-3H3/t9-,11+/m0/s1. The molecule has 2 atom stereocenters. The average molecular weight is 315 g/mol. The summed E-state index contributed by atoms with van der Waals surface area (Å²) in [5.74, 6) is 0.0532. The largest absolute Gasteiger partial charge is 0.475 e. The van der Waals surface area contributed by atoms with Gasteiger partial charge in [-0.25, -0.2) is 4.99 Å². The van der Waals surface area contributed by atoms with Crippen molar-refractivity contribution in [3.05, 3.63) is 11.6 Å². The minimum atomic E-state index is -1.68. The van der Waals surface area contributed by atoms with Gasteiger partial charge in [0, 0.05) is 0 Å². The fourth-order valence-electron chi connectivity index (χ4n) is 1.70. The van der Waals surface area contributed by atoms with Crippen LogP contribution in [-0.2, 0) is 4.74 Å². The summed E-state index contributed by atoms with van der Waals surface area (Å²) in [5, 5.41) is 9.99. The summed E-state index contributed by atoms with van der Waals surface area (Å²) in [6.45, 7) is 5.99. The molecular weight excluding hydrogens is 296 g/mol. The van der Waals surface area contributed by atoms with Crippen LogP contribution in [0.3, 0.4) is 0 Å². The number of hydrogen-bond acceptors (Lipinski definition) is 3. The van der Waals surface area contributed by atoms with Crippen LogP contribution < -0.4 is 0 Å². The molecule has 0 aliphatic carbocycles. The van der Waals surface area contributed by atoms with Crippen LogP contribution in [0.25, 0.3) is 0 Å². The lowest BCUT2D eigenvalue weighted by molar-refractivity contribution is 0.0219. The molecule has 0 radical (unpaired) electrons. The molecule has 0 amide bonds. The van der Waals surface area contributed by atoms with Crippen molar-refractivity contribution in [2.75, 3.05) is 6.61 Å². The molecule has 0 aromatic heterocycles. The SMILES string of the molecule is CC(C)=CCC[C@@]1(C)N=C(C(Cl)(Cl)Cl)OC[C@@H]1O. The second-order valence-electron chi connectivity index (χ2n) is 4.92. The van der Waals surface area contributed by atoms with Gasteiger partial charge >= 0.3 is 0 Å². The minimum Gasteiger partial charge on any atom is -0.475 e. The van der Waals surface area contributed by atoms with E-state index in [1.807, 2.05) is 20.8 Å². The third-order valence-corrected chi connectivity index (χ3v) is 3.38. The Morgan fingerprint density at radius 1 is 1.56 bits per heavy atom. The molecule has 0 unspecified atom stereocenters. The monoisotopic (exact) mass is 313 g/mol. The molecule has 1 rings (SSSR count). The predicted octanol–water partition coefficient (Wildman–Crippen LogP) is 3.65. The smallest absolute Gasteiger partial charge is 0.266 e. The van der Waals surface area contributed by atoms with Crippen LogP contribution in [0.1, 0.15) is 33.6 Å². The number of nitrogens with zero attached hydrogens (tertiary/aromatic N) is 1. The number of alkyl halides is 3. The van der Waals surface area contributed by atoms with E-state index in [0.29, 0.717) is 6.42 Å². The maximum atomic E-state index is 9.99. The van der Waals surface area contributed by atoms with Crippen molar-refractivity contribution >= 4 is 40.7 Å². The zero-order chi connectivity index (χ0) is 14.0. The number of hydrogen-bond donors (Lipinski definition) is 1. The van der Waals surface area contributed by atoms with Crippen LogP contribution in [0.15, 0.2) is 16.6 Å². The Balaban J connectivity index is 2.85. The van der Waals surface area contributed by atoms with Gasteiger partial charge in [-0.1, -0.05) is 46.5 Å². The van der Waals surface area contributed by atoms with Crippen LogP contribution in [0.2, 0.25) is 0 Å². The number of halogens is 3. The Morgan fingerprint density at radius 2 is 2.17 bits per heavy atom. The van der Waals surface area contributed by atoms with E-state index in [-0.39, 0.29) is 12.5 Å². The van der Waals surface area contributed by atoms with Crippen molar-refractivity contribution in [3.63, 3.8) is 0 Å². The molecule has 1 aliphatic rings. The fourth-order valence-corrected chi connectivity index (χ4v) is 1.99. The van der Waals surface area contributed by atoms with Gasteiger partial charge in [0.1, 0.15) is 12.7 Å². The van der Waals surface area contributed by atoms with Crippen molar-refractivity contribution in [1.82, 2.24) is 0 Å². The van der Waals surface area contributed by atoms with Crippen molar-refractivity contribution in [3.8, 4) is 0 Å². The van der Waals surface area contributed by atoms with E-state index in [2.05, 4.69) is 11.1 Å². The van der Waals surface area contributed by atoms with Gasteiger partial charge < -0.3 is 9.84 Å². The lowest BCUT2D eigenvalue weighted by Crippen LogP contribution is -2.48. The first-order valence-electron chi connectivity index (χ1n) is 5.76. The molecule has 6 heteroatoms. The first kappa shape index (κ1) is 16.1. The van der Waals surface area contributed by atoms with Crippen LogP contribution in [-0.4, -0.2) is 33.0 Å². The highest BCUT2D eigenvalue weighted by atomic mass is 35.6. The number of aliphatic imine (C=N–C) groups is 1. The first-order chi connectivity index (χ1) is 8.15. The number of aliphatic hydroxyl groups is 1. The summed E-state index contributed by atoms with van der Waals surface area (Å²) in [6.07, 6.45) is 2.89. The van der Waals surface area contributed by atoms with Gasteiger partial charge in [-0.15, -0.1) is 0 Å². The van der Waals surface area contributed by atoms with E-state index in [1.54, 1.807) is 0 Å². The summed E-state index contributed by atoms with van der Waals surface area (Å²) in [6, 6.07) is 0. The topological polar surface area (TPSA) is 41.8 Å². The van der Waals surface area contributed by atoms with E-state index < -0.39 is 15.4 Å². The lowest BCUT2D eigenvalue weighted by Gasteiger charge is -2.36. The predicted molar refractivity (Wildman–Crippen MR) is 76.8 cm³/mol. The fraction of sp³-hybridized carbons (Fsp3) is 0.750. The molecule has 0 bridgehead atoms. The van der Waals surface area contributed by atoms with E-state index >= 15 is 0 Å². The zero-order valence-electron chi connectivity index (χ0n) is 10.7. The highest BCUT2D eigenvalue weighted by molar-refractivity contribution is 6.76. The number of allylic oxidation sites excluding steroid dienone is 2. The molecule has 3 nitrogen and oxygen atoms in total. The number of rotatable bonds is 3. The minimum absolute atomic E-state index is 0.0532. The van der Waals surface area contributed by atoms with E-state index in [1.165, 1.54) is 5.57 Å². The third-order valence-electron chi connectivity index (χ3n) is 2.90. The van der Waals surface area contributed by atoms with Gasteiger partial charge in [0.2, 0.25) is 5.90 Å². The average Bonchev–Trinajstić information content (AvgIpc) is 2.20. The van der Waals surface area contributed by atoms with Crippen molar-refractivity contribution in [2.24, 2.45) is 4.99 Å². The Kier molecular flexibility index (Phi) is 5.36. The molecule has 0 aromatic carbocycles. The summed E-state index contributed by atoms with van der Waals surface area (Å²) in [5.41, 5.74) is 0.550. The second kappa shape index (κ2) is 6.00. The Bertz CT molecular complexity index is 359. The summed E-state index contributed by atoms with van der Waals surface area (Å²) in [4.78, 5) is 4.28. The summed E-state index contributed by atoms with van der Waals surface area (Å²) < 4.78 is 3.48. The van der Waals surface area contributed by atoms with Gasteiger partial charge in [-0.2, -0.15) is 0 Å². The zero-order valence-corrected chi connectivity index (χ0v) is 13.0. The van der Waals surface area contributed by atoms with Gasteiger partial charge in [-0.05, 0) is 33.6 Å². The van der Waals surface area contributed by atoms with Crippen molar-refractivity contribution in [1.29, 1.82) is 0 Å². The summed E-state index contributed by atoms with van der Waals surface area (Å²) in [7, 11) is 0. The highest BCUT2D eigenvalue weighted by Gasteiger charge is 2.42. The van der Waals surface area contributed by atoms with Crippen LogP contribution in [0.5, 0.6) is 0 Å². The van der Waals surface area contributed by atoms with Crippen LogP contribution in [0, 0.1) is 0 Å². The van der Waals surface area contributed by atoms with E-state index in [0.717, 1.165) is 6.42 Å². The quantitative estimate of drug-likeness (QED) is 0.638. The van der Waals surface area contributed by atoms with Gasteiger partial charge in [0.25, 0.3) is 3.79 Å². The molecule has 104 valence electrons. The maximum Gasteiger partial charge on any atom is 0.266 e. The molecule has 0 saturated carbocycles. The molecule has 1 N–H and O–H groups in total. The van der Waals surface area contributed by atoms with Crippen LogP contribution >= 0.6 is 34.8 Å². The summed E-state index contributed by atoms with van der Waals surface area (Å²) >= 11 is 17.3. The van der Waals surface area contributed by atoms with Gasteiger partial charge in [-0.3, -0.25) is 0 Å². The Hall–Kier alpha value is 0.0400. The second-order valence-corrected chi connectivity index (χ2v) is 7.20. The first-order valence-corrected chi connectivity index (χ1v) is 6.90. The molecule has 0 saturated heterocycles. The Labute approximate surface area is 123 Å². The van der Waals surface area contributed by atoms with Gasteiger partial charge in [0.05, 0.1) is 5.54 Å². The van der Waals surface area contributed by atoms with Crippen molar-refractivity contribution in [2.45, 2.75) is 49.0 Å². The molecule has 0 fully saturated rings. The molecule has 0 aromatic rings. The highest BCUT2D eigenvalue weighted by Crippen LogP contribution is 2.35. The number of aliphatic hydroxyl groups excluding tert-OH is 1. The lowest BCUT2D eigenvalue weighted by atomic mass is 9.89. The third kappa shape index (κ3) is 4.30. The molecule has 0 spiro atoms. The van der Waals surface area contributed by atoms with E-state index in [9.17, 15) is 5.11 Å². The molecule has 1 aliphatic heterocycles. The molecular formula is C12H18Cl3NO2. The maximum absolute atomic E-state index is 9.99. The van der Waals surface area contributed by atoms with E-state index in [4.69, 9.17) is 39.5 Å². The number of ether oxygens (including phenoxy) is 1. The van der Waals surface area contributed by atoms with Crippen LogP contribution in [0.4, 0.5) is 0 Å². The normalized spacial score (nSPS) is 28.4. The van der Waals surface area contributed by atoms with Crippen molar-refractivity contribution < 1.29 is 9.84 Å². The molecule has 1 heterocycles.